The lowest BCUT2D eigenvalue weighted by molar-refractivity contribution is -0.107. The Balaban J connectivity index is 0. The Morgan fingerprint density at radius 3 is 1.64 bits per heavy atom. The Morgan fingerprint density at radius 1 is 1.36 bits per heavy atom. The van der Waals surface area contributed by atoms with Crippen LogP contribution < -0.4 is 0 Å². The molecule has 0 spiro atoms. The molecule has 0 aliphatic heterocycles. The molecule has 1 atom stereocenters. The zero-order chi connectivity index (χ0) is 12.0. The Hall–Kier alpha value is -0.380. The third-order valence-corrected chi connectivity index (χ3v) is 1.30. The molecule has 0 rings (SSSR count). The van der Waals surface area contributed by atoms with Crippen molar-refractivity contribution in [3.05, 3.63) is 0 Å². The van der Waals surface area contributed by atoms with E-state index in [-0.39, 0.29) is 6.61 Å². The normalized spacial score (nSPS) is 14.2. The van der Waals surface area contributed by atoms with Crippen LogP contribution in [-0.2, 0) is 10.1 Å². The number of alkyl halides is 3. The molecule has 0 amide bonds. The summed E-state index contributed by atoms with van der Waals surface area (Å²) >= 11 is 0. The van der Waals surface area contributed by atoms with Gasteiger partial charge in [0.2, 0.25) is 0 Å². The average molecular weight is 240 g/mol. The summed E-state index contributed by atoms with van der Waals surface area (Å²) < 4.78 is 59.6. The number of hydrogen-bond acceptors (Lipinski definition) is 4. The highest BCUT2D eigenvalue weighted by atomic mass is 32.2. The Kier molecular flexibility index (Phi) is 7.08. The first-order chi connectivity index (χ1) is 5.98. The van der Waals surface area contributed by atoms with Gasteiger partial charge in [-0.05, 0) is 6.92 Å². The molecule has 0 bridgehead atoms. The van der Waals surface area contributed by atoms with E-state index in [1.807, 2.05) is 0 Å². The molecule has 0 saturated carbocycles. The molecule has 5 nitrogen and oxygen atoms in total. The van der Waals surface area contributed by atoms with E-state index in [4.69, 9.17) is 14.8 Å². The van der Waals surface area contributed by atoms with Crippen LogP contribution >= 0.6 is 0 Å². The highest BCUT2D eigenvalue weighted by Crippen LogP contribution is 2.15. The second kappa shape index (κ2) is 6.17. The summed E-state index contributed by atoms with van der Waals surface area (Å²) in [6, 6.07) is 0. The maximum atomic E-state index is 11.0. The van der Waals surface area contributed by atoms with Crippen LogP contribution in [0.15, 0.2) is 0 Å². The third-order valence-electron chi connectivity index (χ3n) is 0.610. The van der Waals surface area contributed by atoms with Crippen LogP contribution in [0.3, 0.4) is 0 Å². The third kappa shape index (κ3) is 22.6. The molecule has 1 unspecified atom stereocenters. The van der Waals surface area contributed by atoms with Gasteiger partial charge in [0.25, 0.3) is 10.1 Å². The SMILES string of the molecule is CC(O)CO.O=S(=O)(O)CC(F)(F)F. The molecule has 0 aliphatic rings. The van der Waals surface area contributed by atoms with E-state index >= 15 is 0 Å². The number of hydrogen-bond donors (Lipinski definition) is 3. The second-order valence-electron chi connectivity index (χ2n) is 2.37. The van der Waals surface area contributed by atoms with Crippen LogP contribution in [0.2, 0.25) is 0 Å². The highest BCUT2D eigenvalue weighted by Gasteiger charge is 2.33. The first-order valence-corrected chi connectivity index (χ1v) is 4.89. The molecule has 0 aromatic heterocycles. The molecule has 0 heterocycles. The summed E-state index contributed by atoms with van der Waals surface area (Å²) in [5.41, 5.74) is 0. The predicted octanol–water partition coefficient (Wildman–Crippen LogP) is -0.204. The lowest BCUT2D eigenvalue weighted by Gasteiger charge is -2.00. The molecule has 0 aromatic rings. The standard InChI is InChI=1S/C3H8O2.C2H3F3O3S/c1-3(5)2-4;3-2(4,5)1-9(6,7)8/h3-5H,2H2,1H3;1H2,(H,6,7,8). The van der Waals surface area contributed by atoms with Gasteiger partial charge in [-0.1, -0.05) is 0 Å². The van der Waals surface area contributed by atoms with Crippen LogP contribution in [0.4, 0.5) is 13.2 Å². The summed E-state index contributed by atoms with van der Waals surface area (Å²) in [5.74, 6) is -2.18. The van der Waals surface area contributed by atoms with E-state index in [1.54, 1.807) is 0 Å². The van der Waals surface area contributed by atoms with E-state index in [1.165, 1.54) is 6.92 Å². The van der Waals surface area contributed by atoms with Gasteiger partial charge < -0.3 is 10.2 Å². The fraction of sp³-hybridized carbons (Fsp3) is 1.00. The van der Waals surface area contributed by atoms with Gasteiger partial charge in [0.05, 0.1) is 12.7 Å². The molecule has 9 heteroatoms. The number of halogens is 3. The Morgan fingerprint density at radius 2 is 1.64 bits per heavy atom. The molecule has 0 aromatic carbocycles. The van der Waals surface area contributed by atoms with Gasteiger partial charge in [0, 0.05) is 0 Å². The number of rotatable bonds is 2. The van der Waals surface area contributed by atoms with E-state index < -0.39 is 28.2 Å². The fourth-order valence-electron chi connectivity index (χ4n) is 0.207. The molecule has 0 saturated heterocycles. The summed E-state index contributed by atoms with van der Waals surface area (Å²) in [5, 5.41) is 16.0. The summed E-state index contributed by atoms with van der Waals surface area (Å²) in [7, 11) is -4.91. The van der Waals surface area contributed by atoms with Crippen molar-refractivity contribution in [2.24, 2.45) is 0 Å². The smallest absolute Gasteiger partial charge is 0.394 e. The van der Waals surface area contributed by atoms with Crippen molar-refractivity contribution in [3.63, 3.8) is 0 Å². The van der Waals surface area contributed by atoms with Gasteiger partial charge in [-0.25, -0.2) is 0 Å². The predicted molar refractivity (Wildman–Crippen MR) is 41.2 cm³/mol. The number of aliphatic hydroxyl groups is 2. The van der Waals surface area contributed by atoms with Crippen molar-refractivity contribution in [3.8, 4) is 0 Å². The van der Waals surface area contributed by atoms with Gasteiger partial charge in [-0.3, -0.25) is 4.55 Å². The van der Waals surface area contributed by atoms with Gasteiger partial charge in [0.1, 0.15) is 0 Å². The Bertz CT molecular complexity index is 232. The molecule has 0 fully saturated rings. The minimum absolute atomic E-state index is 0.139. The quantitative estimate of drug-likeness (QED) is 0.581. The topological polar surface area (TPSA) is 94.8 Å². The molecule has 3 N–H and O–H groups in total. The fourth-order valence-corrected chi connectivity index (χ4v) is 0.620. The van der Waals surface area contributed by atoms with E-state index in [9.17, 15) is 21.6 Å². The van der Waals surface area contributed by atoms with Crippen molar-refractivity contribution in [1.29, 1.82) is 0 Å². The molecule has 0 radical (unpaired) electrons. The maximum absolute atomic E-state index is 11.0. The van der Waals surface area contributed by atoms with E-state index in [2.05, 4.69) is 0 Å². The van der Waals surface area contributed by atoms with E-state index in [0.717, 1.165) is 0 Å². The van der Waals surface area contributed by atoms with Crippen LogP contribution in [0, 0.1) is 0 Å². The Labute approximate surface area is 78.9 Å². The molecule has 88 valence electrons. The molecule has 0 aliphatic carbocycles. The monoisotopic (exact) mass is 240 g/mol. The zero-order valence-corrected chi connectivity index (χ0v) is 8.01. The zero-order valence-electron chi connectivity index (χ0n) is 7.19. The maximum Gasteiger partial charge on any atom is 0.405 e. The van der Waals surface area contributed by atoms with Crippen LogP contribution in [0.25, 0.3) is 0 Å². The molecular weight excluding hydrogens is 229 g/mol. The van der Waals surface area contributed by atoms with Crippen LogP contribution in [0.1, 0.15) is 6.92 Å². The first kappa shape index (κ1) is 16.1. The van der Waals surface area contributed by atoms with Crippen molar-refractivity contribution in [1.82, 2.24) is 0 Å². The first-order valence-electron chi connectivity index (χ1n) is 3.29. The van der Waals surface area contributed by atoms with Gasteiger partial charge in [-0.2, -0.15) is 21.6 Å². The van der Waals surface area contributed by atoms with Crippen LogP contribution in [0.5, 0.6) is 0 Å². The minimum atomic E-state index is -4.91. The summed E-state index contributed by atoms with van der Waals surface area (Å²) in [6.07, 6.45) is -5.41. The number of aliphatic hydroxyl groups excluding tert-OH is 2. The molecule has 14 heavy (non-hydrogen) atoms. The van der Waals surface area contributed by atoms with Crippen molar-refractivity contribution in [2.45, 2.75) is 19.2 Å². The van der Waals surface area contributed by atoms with Gasteiger partial charge in [0.15, 0.2) is 5.75 Å². The summed E-state index contributed by atoms with van der Waals surface area (Å²) in [4.78, 5) is 0. The van der Waals surface area contributed by atoms with Crippen molar-refractivity contribution < 1.29 is 36.4 Å². The van der Waals surface area contributed by atoms with Gasteiger partial charge >= 0.3 is 6.18 Å². The largest absolute Gasteiger partial charge is 0.405 e. The average Bonchev–Trinajstić information content (AvgIpc) is 1.80. The van der Waals surface area contributed by atoms with Gasteiger partial charge in [-0.15, -0.1) is 0 Å². The summed E-state index contributed by atoms with van der Waals surface area (Å²) in [6.45, 7) is 1.39. The molecular formula is C5H11F3O5S. The lowest BCUT2D eigenvalue weighted by Crippen LogP contribution is -2.21. The second-order valence-corrected chi connectivity index (χ2v) is 3.83. The van der Waals surface area contributed by atoms with Crippen molar-refractivity contribution in [2.75, 3.05) is 12.4 Å². The minimum Gasteiger partial charge on any atom is -0.394 e. The lowest BCUT2D eigenvalue weighted by atomic mass is 10.5. The van der Waals surface area contributed by atoms with Crippen LogP contribution in [-0.4, -0.2) is 47.8 Å². The van der Waals surface area contributed by atoms with E-state index in [0.29, 0.717) is 0 Å². The highest BCUT2D eigenvalue weighted by molar-refractivity contribution is 7.85. The van der Waals surface area contributed by atoms with Crippen molar-refractivity contribution >= 4 is 10.1 Å².